The Kier molecular flexibility index (Phi) is 6.84. The number of aryl methyl sites for hydroxylation is 1. The molecular formula is C24H26N2O5. The van der Waals surface area contributed by atoms with Crippen LogP contribution in [0.3, 0.4) is 0 Å². The van der Waals surface area contributed by atoms with E-state index < -0.39 is 23.9 Å². The van der Waals surface area contributed by atoms with Crippen molar-refractivity contribution >= 4 is 34.9 Å². The highest BCUT2D eigenvalue weighted by molar-refractivity contribution is 6.01. The van der Waals surface area contributed by atoms with Crippen LogP contribution in [0, 0.1) is 5.92 Å². The lowest BCUT2D eigenvalue weighted by molar-refractivity contribution is -0.157. The van der Waals surface area contributed by atoms with Crippen LogP contribution in [0.1, 0.15) is 43.1 Å². The number of carbonyl (C=O) groups is 4. The number of nitrogens with one attached hydrogen (secondary N) is 1. The molecule has 1 saturated heterocycles. The number of para-hydroxylation sites is 1. The molecule has 1 heterocycles. The van der Waals surface area contributed by atoms with Crippen molar-refractivity contribution in [2.45, 2.75) is 39.7 Å². The van der Waals surface area contributed by atoms with Gasteiger partial charge in [-0.05, 0) is 56.2 Å². The SMILES string of the molecule is CCc1ccccc1N1C[C@H](C(=O)O[C@H](C)C(=O)Nc2ccc(C(C)=O)cc2)CC1=O. The van der Waals surface area contributed by atoms with E-state index in [0.717, 1.165) is 17.7 Å². The first-order chi connectivity index (χ1) is 14.8. The van der Waals surface area contributed by atoms with Crippen molar-refractivity contribution in [1.82, 2.24) is 0 Å². The van der Waals surface area contributed by atoms with Crippen LogP contribution in [-0.4, -0.2) is 36.2 Å². The van der Waals surface area contributed by atoms with E-state index in [1.54, 1.807) is 29.2 Å². The Morgan fingerprint density at radius 2 is 1.81 bits per heavy atom. The minimum absolute atomic E-state index is 0.0533. The molecule has 0 bridgehead atoms. The zero-order valence-electron chi connectivity index (χ0n) is 17.9. The lowest BCUT2D eigenvalue weighted by atomic mass is 10.1. The largest absolute Gasteiger partial charge is 0.452 e. The fourth-order valence-electron chi connectivity index (χ4n) is 3.53. The van der Waals surface area contributed by atoms with Crippen LogP contribution >= 0.6 is 0 Å². The third kappa shape index (κ3) is 5.17. The fraction of sp³-hybridized carbons (Fsp3) is 0.333. The molecule has 0 spiro atoms. The molecule has 2 aromatic carbocycles. The predicted molar refractivity (Wildman–Crippen MR) is 117 cm³/mol. The molecule has 1 aliphatic heterocycles. The van der Waals surface area contributed by atoms with Crippen molar-refractivity contribution in [1.29, 1.82) is 0 Å². The summed E-state index contributed by atoms with van der Waals surface area (Å²) >= 11 is 0. The molecule has 0 unspecified atom stereocenters. The van der Waals surface area contributed by atoms with E-state index in [4.69, 9.17) is 4.74 Å². The standard InChI is InChI=1S/C24H26N2O5/c1-4-17-7-5-6-8-21(17)26-14-19(13-22(26)28)24(30)31-16(3)23(29)25-20-11-9-18(10-12-20)15(2)27/h5-12,16,19H,4,13-14H2,1-3H3,(H,25,29)/t16-,19-/m1/s1. The Balaban J connectivity index is 1.58. The molecule has 162 valence electrons. The van der Waals surface area contributed by atoms with Crippen LogP contribution in [0.2, 0.25) is 0 Å². The van der Waals surface area contributed by atoms with Crippen LogP contribution < -0.4 is 10.2 Å². The number of carbonyl (C=O) groups excluding carboxylic acids is 4. The Hall–Kier alpha value is -3.48. The summed E-state index contributed by atoms with van der Waals surface area (Å²) in [6.07, 6.45) is -0.190. The first-order valence-corrected chi connectivity index (χ1v) is 10.3. The average Bonchev–Trinajstić information content (AvgIpc) is 3.15. The molecule has 1 fully saturated rings. The lowest BCUT2D eigenvalue weighted by Crippen LogP contribution is -2.33. The first kappa shape index (κ1) is 22.2. The van der Waals surface area contributed by atoms with E-state index in [1.165, 1.54) is 13.8 Å². The van der Waals surface area contributed by atoms with Crippen LogP contribution in [0.25, 0.3) is 0 Å². The second kappa shape index (κ2) is 9.55. The van der Waals surface area contributed by atoms with Gasteiger partial charge in [0.1, 0.15) is 0 Å². The van der Waals surface area contributed by atoms with Gasteiger partial charge in [-0.3, -0.25) is 19.2 Å². The summed E-state index contributed by atoms with van der Waals surface area (Å²) in [7, 11) is 0. The number of ether oxygens (including phenoxy) is 1. The van der Waals surface area contributed by atoms with Gasteiger partial charge in [0.2, 0.25) is 5.91 Å². The maximum absolute atomic E-state index is 12.6. The number of esters is 1. The highest BCUT2D eigenvalue weighted by atomic mass is 16.5. The van der Waals surface area contributed by atoms with Gasteiger partial charge in [-0.2, -0.15) is 0 Å². The van der Waals surface area contributed by atoms with Gasteiger partial charge in [0.05, 0.1) is 5.92 Å². The fourth-order valence-corrected chi connectivity index (χ4v) is 3.53. The van der Waals surface area contributed by atoms with Gasteiger partial charge in [0.15, 0.2) is 11.9 Å². The second-order valence-corrected chi connectivity index (χ2v) is 7.59. The van der Waals surface area contributed by atoms with Crippen LogP contribution in [0.4, 0.5) is 11.4 Å². The van der Waals surface area contributed by atoms with Crippen molar-refractivity contribution < 1.29 is 23.9 Å². The van der Waals surface area contributed by atoms with E-state index in [9.17, 15) is 19.2 Å². The van der Waals surface area contributed by atoms with Crippen molar-refractivity contribution in [3.63, 3.8) is 0 Å². The maximum Gasteiger partial charge on any atom is 0.312 e. The lowest BCUT2D eigenvalue weighted by Gasteiger charge is -2.20. The minimum Gasteiger partial charge on any atom is -0.452 e. The van der Waals surface area contributed by atoms with E-state index >= 15 is 0 Å². The number of anilines is 2. The minimum atomic E-state index is -1.02. The molecular weight excluding hydrogens is 396 g/mol. The normalized spacial score (nSPS) is 16.7. The molecule has 31 heavy (non-hydrogen) atoms. The van der Waals surface area contributed by atoms with Gasteiger partial charge in [-0.15, -0.1) is 0 Å². The van der Waals surface area contributed by atoms with Crippen molar-refractivity contribution in [2.24, 2.45) is 5.92 Å². The zero-order valence-corrected chi connectivity index (χ0v) is 17.9. The number of ketones is 1. The number of hydrogen-bond acceptors (Lipinski definition) is 5. The van der Waals surface area contributed by atoms with Crippen LogP contribution in [0.15, 0.2) is 48.5 Å². The van der Waals surface area contributed by atoms with Crippen LogP contribution in [-0.2, 0) is 25.5 Å². The van der Waals surface area contributed by atoms with Gasteiger partial charge >= 0.3 is 5.97 Å². The number of rotatable bonds is 7. The summed E-state index contributed by atoms with van der Waals surface area (Å²) in [4.78, 5) is 50.4. The van der Waals surface area contributed by atoms with Gasteiger partial charge < -0.3 is 15.0 Å². The van der Waals surface area contributed by atoms with Gasteiger partial charge in [-0.1, -0.05) is 25.1 Å². The molecule has 1 N–H and O–H groups in total. The Morgan fingerprint density at radius 3 is 2.45 bits per heavy atom. The molecule has 2 aromatic rings. The van der Waals surface area contributed by atoms with Crippen molar-refractivity contribution in [2.75, 3.05) is 16.8 Å². The van der Waals surface area contributed by atoms with E-state index in [-0.39, 0.29) is 24.7 Å². The number of amides is 2. The molecule has 1 aliphatic rings. The molecule has 3 rings (SSSR count). The third-order valence-electron chi connectivity index (χ3n) is 5.34. The monoisotopic (exact) mass is 422 g/mol. The molecule has 0 radical (unpaired) electrons. The Bertz CT molecular complexity index is 999. The molecule has 0 aromatic heterocycles. The number of hydrogen-bond donors (Lipinski definition) is 1. The number of benzene rings is 2. The van der Waals surface area contributed by atoms with E-state index in [2.05, 4.69) is 5.32 Å². The number of nitrogens with zero attached hydrogens (tertiary/aromatic N) is 1. The molecule has 7 nitrogen and oxygen atoms in total. The molecule has 2 amide bonds. The third-order valence-corrected chi connectivity index (χ3v) is 5.34. The molecule has 2 atom stereocenters. The average molecular weight is 422 g/mol. The summed E-state index contributed by atoms with van der Waals surface area (Å²) in [5.41, 5.74) is 2.88. The molecule has 7 heteroatoms. The van der Waals surface area contributed by atoms with E-state index in [1.807, 2.05) is 31.2 Å². The Morgan fingerprint density at radius 1 is 1.13 bits per heavy atom. The maximum atomic E-state index is 12.6. The first-order valence-electron chi connectivity index (χ1n) is 10.3. The van der Waals surface area contributed by atoms with Gasteiger partial charge in [0, 0.05) is 29.9 Å². The van der Waals surface area contributed by atoms with E-state index in [0.29, 0.717) is 11.3 Å². The summed E-state index contributed by atoms with van der Waals surface area (Å²) in [5.74, 6) is -1.88. The second-order valence-electron chi connectivity index (χ2n) is 7.59. The molecule has 0 aliphatic carbocycles. The predicted octanol–water partition coefficient (Wildman–Crippen LogP) is 3.37. The highest BCUT2D eigenvalue weighted by Crippen LogP contribution is 2.29. The van der Waals surface area contributed by atoms with Gasteiger partial charge in [-0.25, -0.2) is 0 Å². The number of Topliss-reactive ketones (excluding diaryl/α,β-unsaturated/α-hetero) is 1. The van der Waals surface area contributed by atoms with Crippen molar-refractivity contribution in [3.8, 4) is 0 Å². The smallest absolute Gasteiger partial charge is 0.312 e. The molecule has 0 saturated carbocycles. The summed E-state index contributed by atoms with van der Waals surface area (Å²) in [5, 5.41) is 2.66. The summed E-state index contributed by atoms with van der Waals surface area (Å²) < 4.78 is 5.34. The van der Waals surface area contributed by atoms with Crippen LogP contribution in [0.5, 0.6) is 0 Å². The highest BCUT2D eigenvalue weighted by Gasteiger charge is 2.37. The summed E-state index contributed by atoms with van der Waals surface area (Å²) in [6.45, 7) is 5.19. The Labute approximate surface area is 181 Å². The quantitative estimate of drug-likeness (QED) is 0.545. The van der Waals surface area contributed by atoms with Crippen molar-refractivity contribution in [3.05, 3.63) is 59.7 Å². The summed E-state index contributed by atoms with van der Waals surface area (Å²) in [6, 6.07) is 14.1. The topological polar surface area (TPSA) is 92.8 Å². The van der Waals surface area contributed by atoms with Gasteiger partial charge in [0.25, 0.3) is 5.91 Å². The zero-order chi connectivity index (χ0) is 22.5.